The maximum absolute atomic E-state index is 11.4. The molecule has 0 aliphatic heterocycles. The van der Waals surface area contributed by atoms with Crippen LogP contribution in [0.3, 0.4) is 0 Å². The van der Waals surface area contributed by atoms with Crippen molar-refractivity contribution in [1.29, 1.82) is 0 Å². The van der Waals surface area contributed by atoms with E-state index in [4.69, 9.17) is 10.2 Å². The summed E-state index contributed by atoms with van der Waals surface area (Å²) in [6.45, 7) is 1.01. The van der Waals surface area contributed by atoms with Crippen LogP contribution in [-0.4, -0.2) is 90.1 Å². The molecule has 0 aliphatic rings. The van der Waals surface area contributed by atoms with Crippen molar-refractivity contribution in [2.24, 2.45) is 0 Å². The highest BCUT2D eigenvalue weighted by Gasteiger charge is 2.18. The van der Waals surface area contributed by atoms with Gasteiger partial charge in [0.2, 0.25) is 0 Å². The summed E-state index contributed by atoms with van der Waals surface area (Å²) >= 11 is 0. The van der Waals surface area contributed by atoms with Crippen LogP contribution >= 0.6 is 0 Å². The van der Waals surface area contributed by atoms with Crippen LogP contribution in [0.4, 0.5) is 0 Å². The smallest absolute Gasteiger partial charge is 0.319 e. The third-order valence-electron chi connectivity index (χ3n) is 2.82. The number of ketones is 1. The zero-order chi connectivity index (χ0) is 17.1. The Bertz CT molecular complexity index is 373. The van der Waals surface area contributed by atoms with Gasteiger partial charge in [-0.3, -0.25) is 29.0 Å². The molecule has 0 amide bonds. The van der Waals surface area contributed by atoms with Crippen molar-refractivity contribution in [2.75, 3.05) is 46.4 Å². The zero-order valence-electron chi connectivity index (χ0n) is 12.8. The standard InChI is InChI=1S/C13H22N2O7/c1-3-10(16)6-14(7-11(17)18)4-5-15(8-12(19)20)9-13(21)22-2/h3-9H2,1-2H3,(H,17,18)(H,19,20). The lowest BCUT2D eigenvalue weighted by Gasteiger charge is -2.24. The summed E-state index contributed by atoms with van der Waals surface area (Å²) < 4.78 is 4.48. The summed E-state index contributed by atoms with van der Waals surface area (Å²) in [5, 5.41) is 17.6. The summed E-state index contributed by atoms with van der Waals surface area (Å²) in [7, 11) is 1.19. The fourth-order valence-electron chi connectivity index (χ4n) is 1.70. The normalized spacial score (nSPS) is 10.7. The first-order chi connectivity index (χ1) is 10.3. The molecule has 0 aromatic carbocycles. The first kappa shape index (κ1) is 20.0. The summed E-state index contributed by atoms with van der Waals surface area (Å²) in [5.74, 6) is -2.89. The maximum atomic E-state index is 11.4. The number of Topliss-reactive ketones (excluding diaryl/α,β-unsaturated/α-hetero) is 1. The van der Waals surface area contributed by atoms with Crippen LogP contribution in [0.2, 0.25) is 0 Å². The summed E-state index contributed by atoms with van der Waals surface area (Å²) in [4.78, 5) is 46.9. The second kappa shape index (κ2) is 10.7. The van der Waals surface area contributed by atoms with E-state index in [2.05, 4.69) is 4.74 Å². The minimum absolute atomic E-state index is 0.0259. The van der Waals surface area contributed by atoms with Crippen LogP contribution in [0.25, 0.3) is 0 Å². The molecule has 0 saturated heterocycles. The number of nitrogens with zero attached hydrogens (tertiary/aromatic N) is 2. The van der Waals surface area contributed by atoms with Gasteiger partial charge < -0.3 is 14.9 Å². The van der Waals surface area contributed by atoms with Gasteiger partial charge in [0.25, 0.3) is 0 Å². The number of rotatable bonds is 12. The monoisotopic (exact) mass is 318 g/mol. The van der Waals surface area contributed by atoms with Crippen molar-refractivity contribution in [3.05, 3.63) is 0 Å². The van der Waals surface area contributed by atoms with E-state index in [9.17, 15) is 19.2 Å². The minimum atomic E-state index is -1.11. The highest BCUT2D eigenvalue weighted by molar-refractivity contribution is 5.80. The molecule has 0 heterocycles. The SMILES string of the molecule is CCC(=O)CN(CCN(CC(=O)O)CC(=O)OC)CC(=O)O. The lowest BCUT2D eigenvalue weighted by molar-refractivity contribution is -0.145. The molecule has 0 radical (unpaired) electrons. The van der Waals surface area contributed by atoms with Gasteiger partial charge in [0.15, 0.2) is 0 Å². The Labute approximate surface area is 128 Å². The highest BCUT2D eigenvalue weighted by Crippen LogP contribution is 1.96. The van der Waals surface area contributed by atoms with E-state index in [1.165, 1.54) is 16.9 Å². The zero-order valence-corrected chi connectivity index (χ0v) is 12.8. The lowest BCUT2D eigenvalue weighted by atomic mass is 10.3. The van der Waals surface area contributed by atoms with E-state index in [0.717, 1.165) is 0 Å². The molecule has 0 saturated carbocycles. The van der Waals surface area contributed by atoms with Crippen molar-refractivity contribution in [1.82, 2.24) is 9.80 Å². The largest absolute Gasteiger partial charge is 0.480 e. The van der Waals surface area contributed by atoms with Gasteiger partial charge in [0, 0.05) is 19.5 Å². The van der Waals surface area contributed by atoms with Gasteiger partial charge in [-0.1, -0.05) is 6.92 Å². The van der Waals surface area contributed by atoms with Crippen LogP contribution in [-0.2, 0) is 23.9 Å². The van der Waals surface area contributed by atoms with Gasteiger partial charge in [-0.15, -0.1) is 0 Å². The lowest BCUT2D eigenvalue weighted by Crippen LogP contribution is -2.43. The Kier molecular flexibility index (Phi) is 9.72. The van der Waals surface area contributed by atoms with Gasteiger partial charge in [0.1, 0.15) is 5.78 Å². The van der Waals surface area contributed by atoms with Crippen molar-refractivity contribution in [3.63, 3.8) is 0 Å². The van der Waals surface area contributed by atoms with E-state index in [1.54, 1.807) is 6.92 Å². The van der Waals surface area contributed by atoms with Crippen LogP contribution in [0.5, 0.6) is 0 Å². The molecule has 2 N–H and O–H groups in total. The number of hydrogen-bond acceptors (Lipinski definition) is 7. The van der Waals surface area contributed by atoms with E-state index < -0.39 is 17.9 Å². The van der Waals surface area contributed by atoms with Crippen LogP contribution in [0.1, 0.15) is 13.3 Å². The predicted molar refractivity (Wildman–Crippen MR) is 75.5 cm³/mol. The predicted octanol–water partition coefficient (Wildman–Crippen LogP) is -1.09. The van der Waals surface area contributed by atoms with E-state index in [0.29, 0.717) is 0 Å². The van der Waals surface area contributed by atoms with Crippen molar-refractivity contribution in [3.8, 4) is 0 Å². The minimum Gasteiger partial charge on any atom is -0.480 e. The average Bonchev–Trinajstić information content (AvgIpc) is 2.42. The molecule has 0 aromatic rings. The quantitative estimate of drug-likeness (QED) is 0.432. The third kappa shape index (κ3) is 9.83. The molecule has 0 fully saturated rings. The highest BCUT2D eigenvalue weighted by atomic mass is 16.5. The first-order valence-electron chi connectivity index (χ1n) is 6.75. The van der Waals surface area contributed by atoms with Crippen LogP contribution < -0.4 is 0 Å². The number of esters is 1. The number of carboxylic acid groups (broad SMARTS) is 2. The number of aliphatic carboxylic acids is 2. The summed E-state index contributed by atoms with van der Waals surface area (Å²) in [6, 6.07) is 0. The number of carbonyl (C=O) groups is 4. The third-order valence-corrected chi connectivity index (χ3v) is 2.82. The van der Waals surface area contributed by atoms with Crippen LogP contribution in [0.15, 0.2) is 0 Å². The van der Waals surface area contributed by atoms with Gasteiger partial charge in [-0.05, 0) is 0 Å². The molecule has 126 valence electrons. The molecule has 0 rings (SSSR count). The molecule has 22 heavy (non-hydrogen) atoms. The molecule has 0 aliphatic carbocycles. The Morgan fingerprint density at radius 2 is 1.32 bits per heavy atom. The van der Waals surface area contributed by atoms with Crippen LogP contribution in [0, 0.1) is 0 Å². The van der Waals surface area contributed by atoms with Crippen molar-refractivity contribution < 1.29 is 34.1 Å². The van der Waals surface area contributed by atoms with E-state index in [-0.39, 0.29) is 51.5 Å². The van der Waals surface area contributed by atoms with Gasteiger partial charge >= 0.3 is 17.9 Å². The number of ether oxygens (including phenoxy) is 1. The molecule has 0 unspecified atom stereocenters. The number of hydrogen-bond donors (Lipinski definition) is 2. The molecule has 9 heteroatoms. The molecular weight excluding hydrogens is 296 g/mol. The van der Waals surface area contributed by atoms with Gasteiger partial charge in [0.05, 0.1) is 33.3 Å². The Hall–Kier alpha value is -2.00. The van der Waals surface area contributed by atoms with Crippen molar-refractivity contribution in [2.45, 2.75) is 13.3 Å². The Morgan fingerprint density at radius 1 is 0.864 bits per heavy atom. The molecule has 0 atom stereocenters. The van der Waals surface area contributed by atoms with E-state index in [1.807, 2.05) is 0 Å². The fourth-order valence-corrected chi connectivity index (χ4v) is 1.70. The molecule has 0 bridgehead atoms. The van der Waals surface area contributed by atoms with Crippen molar-refractivity contribution >= 4 is 23.7 Å². The van der Waals surface area contributed by atoms with Gasteiger partial charge in [-0.25, -0.2) is 0 Å². The topological polar surface area (TPSA) is 124 Å². The average molecular weight is 318 g/mol. The maximum Gasteiger partial charge on any atom is 0.319 e. The Morgan fingerprint density at radius 3 is 1.68 bits per heavy atom. The Balaban J connectivity index is 4.63. The van der Waals surface area contributed by atoms with E-state index >= 15 is 0 Å². The fraction of sp³-hybridized carbons (Fsp3) is 0.692. The van der Waals surface area contributed by atoms with Gasteiger partial charge in [-0.2, -0.15) is 0 Å². The molecular formula is C13H22N2O7. The first-order valence-corrected chi connectivity index (χ1v) is 6.75. The molecule has 0 spiro atoms. The number of carbonyl (C=O) groups excluding carboxylic acids is 2. The second-order valence-corrected chi connectivity index (χ2v) is 4.68. The number of carboxylic acids is 2. The second-order valence-electron chi connectivity index (χ2n) is 4.68. The molecule has 9 nitrogen and oxygen atoms in total. The summed E-state index contributed by atoms with van der Waals surface area (Å²) in [5.41, 5.74) is 0. The molecule has 0 aromatic heterocycles. The summed E-state index contributed by atoms with van der Waals surface area (Å²) in [6.07, 6.45) is 0.289. The number of methoxy groups -OCH3 is 1.